The number of amides is 1. The zero-order valence-electron chi connectivity index (χ0n) is 12.9. The molecule has 0 radical (unpaired) electrons. The first-order chi connectivity index (χ1) is 11.6. The summed E-state index contributed by atoms with van der Waals surface area (Å²) in [6.07, 6.45) is 0. The number of rotatable bonds is 5. The second-order valence-corrected chi connectivity index (χ2v) is 6.43. The maximum Gasteiger partial charge on any atom is 0.237 e. The Bertz CT molecular complexity index is 820. The predicted molar refractivity (Wildman–Crippen MR) is 92.2 cm³/mol. The molecule has 0 aliphatic rings. The van der Waals surface area contributed by atoms with Crippen LogP contribution < -0.4 is 5.32 Å². The van der Waals surface area contributed by atoms with E-state index < -0.39 is 0 Å². The van der Waals surface area contributed by atoms with Crippen LogP contribution in [0.5, 0.6) is 0 Å². The molecule has 1 heterocycles. The number of hydrogen-bond acceptors (Lipinski definition) is 4. The van der Waals surface area contributed by atoms with Gasteiger partial charge in [-0.1, -0.05) is 30.0 Å². The summed E-state index contributed by atoms with van der Waals surface area (Å²) in [7, 11) is 0. The smallest absolute Gasteiger partial charge is 0.237 e. The normalized spacial score (nSPS) is 11.9. The summed E-state index contributed by atoms with van der Waals surface area (Å²) in [4.78, 5) is 15.2. The van der Waals surface area contributed by atoms with Gasteiger partial charge >= 0.3 is 0 Å². The van der Waals surface area contributed by atoms with Crippen molar-refractivity contribution in [1.82, 2.24) is 15.2 Å². The van der Waals surface area contributed by atoms with Gasteiger partial charge in [0.1, 0.15) is 5.82 Å². The fourth-order valence-electron chi connectivity index (χ4n) is 2.02. The lowest BCUT2D eigenvalue weighted by Gasteiger charge is -2.10. The van der Waals surface area contributed by atoms with E-state index in [1.165, 1.54) is 23.9 Å². The first-order valence-electron chi connectivity index (χ1n) is 7.33. The van der Waals surface area contributed by atoms with Crippen LogP contribution in [-0.4, -0.2) is 26.3 Å². The number of H-pyrrole nitrogens is 1. The molecule has 24 heavy (non-hydrogen) atoms. The van der Waals surface area contributed by atoms with Gasteiger partial charge in [-0.15, -0.1) is 10.2 Å². The Morgan fingerprint density at radius 3 is 2.54 bits per heavy atom. The number of nitrogens with one attached hydrogen (secondary N) is 2. The number of thioether (sulfide) groups is 1. The first-order valence-corrected chi connectivity index (χ1v) is 8.21. The lowest BCUT2D eigenvalue weighted by molar-refractivity contribution is -0.115. The lowest BCUT2D eigenvalue weighted by Crippen LogP contribution is -2.22. The molecule has 1 unspecified atom stereocenters. The second kappa shape index (κ2) is 7.27. The molecule has 3 rings (SSSR count). The van der Waals surface area contributed by atoms with E-state index in [0.717, 1.165) is 11.3 Å². The number of hydrogen-bond donors (Lipinski definition) is 2. The molecular weight excluding hydrogens is 327 g/mol. The molecule has 3 aromatic rings. The van der Waals surface area contributed by atoms with E-state index in [1.54, 1.807) is 19.1 Å². The van der Waals surface area contributed by atoms with E-state index in [2.05, 4.69) is 20.5 Å². The summed E-state index contributed by atoms with van der Waals surface area (Å²) in [5.41, 5.74) is 1.48. The minimum absolute atomic E-state index is 0.120. The maximum absolute atomic E-state index is 13.0. The summed E-state index contributed by atoms with van der Waals surface area (Å²) >= 11 is 1.27. The van der Waals surface area contributed by atoms with Gasteiger partial charge in [0.2, 0.25) is 5.91 Å². The minimum atomic E-state index is -0.348. The largest absolute Gasteiger partial charge is 0.325 e. The van der Waals surface area contributed by atoms with Crippen LogP contribution in [0.15, 0.2) is 59.8 Å². The van der Waals surface area contributed by atoms with Gasteiger partial charge in [-0.2, -0.15) is 0 Å². The number of para-hydroxylation sites is 1. The molecule has 1 atom stereocenters. The summed E-state index contributed by atoms with van der Waals surface area (Å²) in [5, 5.41) is 11.1. The van der Waals surface area contributed by atoms with Gasteiger partial charge in [-0.05, 0) is 43.3 Å². The standard InChI is InChI=1S/C17H15FN4OS/c1-11(16(23)19-14-5-3-2-4-6-14)24-17-20-15(21-22-17)12-7-9-13(18)10-8-12/h2-11H,1H3,(H,19,23)(H,20,21,22). The van der Waals surface area contributed by atoms with Gasteiger partial charge in [-0.3, -0.25) is 4.79 Å². The molecule has 1 aromatic heterocycles. The van der Waals surface area contributed by atoms with E-state index in [1.807, 2.05) is 30.3 Å². The average molecular weight is 342 g/mol. The Hall–Kier alpha value is -2.67. The molecule has 122 valence electrons. The van der Waals surface area contributed by atoms with E-state index in [9.17, 15) is 9.18 Å². The first kappa shape index (κ1) is 16.2. The summed E-state index contributed by atoms with van der Waals surface area (Å²) in [5.74, 6) is 0.109. The molecule has 0 spiro atoms. The fourth-order valence-corrected chi connectivity index (χ4v) is 2.77. The van der Waals surface area contributed by atoms with Crippen molar-refractivity contribution < 1.29 is 9.18 Å². The number of halogens is 1. The topological polar surface area (TPSA) is 70.7 Å². The maximum atomic E-state index is 13.0. The van der Waals surface area contributed by atoms with Crippen molar-refractivity contribution in [2.45, 2.75) is 17.3 Å². The van der Waals surface area contributed by atoms with E-state index in [0.29, 0.717) is 11.0 Å². The van der Waals surface area contributed by atoms with Crippen molar-refractivity contribution in [3.8, 4) is 11.4 Å². The number of nitrogens with zero attached hydrogens (tertiary/aromatic N) is 2. The molecule has 5 nitrogen and oxygen atoms in total. The van der Waals surface area contributed by atoms with Gasteiger partial charge in [0, 0.05) is 11.3 Å². The Morgan fingerprint density at radius 1 is 1.12 bits per heavy atom. The highest BCUT2D eigenvalue weighted by molar-refractivity contribution is 8.00. The van der Waals surface area contributed by atoms with Gasteiger partial charge in [0.05, 0.1) is 5.25 Å². The molecule has 0 saturated carbocycles. The van der Waals surface area contributed by atoms with Crippen LogP contribution in [0.25, 0.3) is 11.4 Å². The predicted octanol–water partition coefficient (Wildman–Crippen LogP) is 3.73. The van der Waals surface area contributed by atoms with Crippen LogP contribution in [-0.2, 0) is 4.79 Å². The minimum Gasteiger partial charge on any atom is -0.325 e. The van der Waals surface area contributed by atoms with Crippen LogP contribution >= 0.6 is 11.8 Å². The van der Waals surface area contributed by atoms with Gasteiger partial charge in [0.25, 0.3) is 0 Å². The quantitative estimate of drug-likeness (QED) is 0.693. The zero-order valence-corrected chi connectivity index (χ0v) is 13.7. The van der Waals surface area contributed by atoms with Crippen molar-refractivity contribution in [2.75, 3.05) is 5.32 Å². The molecule has 0 bridgehead atoms. The fraction of sp³-hybridized carbons (Fsp3) is 0.118. The van der Waals surface area contributed by atoms with E-state index in [4.69, 9.17) is 0 Å². The van der Waals surface area contributed by atoms with Crippen LogP contribution in [0.3, 0.4) is 0 Å². The highest BCUT2D eigenvalue weighted by Gasteiger charge is 2.17. The molecule has 2 aromatic carbocycles. The Kier molecular flexibility index (Phi) is 4.90. The molecule has 0 aliphatic carbocycles. The molecule has 2 N–H and O–H groups in total. The number of aromatic nitrogens is 3. The number of carbonyl (C=O) groups is 1. The molecule has 0 aliphatic heterocycles. The van der Waals surface area contributed by atoms with Crippen molar-refractivity contribution in [3.63, 3.8) is 0 Å². The number of benzene rings is 2. The van der Waals surface area contributed by atoms with Crippen molar-refractivity contribution >= 4 is 23.4 Å². The van der Waals surface area contributed by atoms with Gasteiger partial charge in [-0.25, -0.2) is 4.39 Å². The van der Waals surface area contributed by atoms with Crippen molar-refractivity contribution in [1.29, 1.82) is 0 Å². The highest BCUT2D eigenvalue weighted by atomic mass is 32.2. The van der Waals surface area contributed by atoms with Crippen molar-refractivity contribution in [2.24, 2.45) is 0 Å². The van der Waals surface area contributed by atoms with E-state index in [-0.39, 0.29) is 17.0 Å². The third-order valence-corrected chi connectivity index (χ3v) is 4.26. The molecule has 0 saturated heterocycles. The lowest BCUT2D eigenvalue weighted by atomic mass is 10.2. The van der Waals surface area contributed by atoms with Crippen LogP contribution in [0.1, 0.15) is 6.92 Å². The summed E-state index contributed by atoms with van der Waals surface area (Å²) in [6.45, 7) is 1.79. The molecule has 1 amide bonds. The number of anilines is 1. The Labute approximate surface area is 142 Å². The summed E-state index contributed by atoms with van der Waals surface area (Å²) < 4.78 is 13.0. The highest BCUT2D eigenvalue weighted by Crippen LogP contribution is 2.23. The van der Waals surface area contributed by atoms with Crippen LogP contribution in [0, 0.1) is 5.82 Å². The third kappa shape index (κ3) is 3.99. The SMILES string of the molecule is CC(Sc1nnc(-c2ccc(F)cc2)[nH]1)C(=O)Nc1ccccc1. The van der Waals surface area contributed by atoms with Gasteiger partial charge < -0.3 is 10.3 Å². The molecule has 0 fully saturated rings. The number of carbonyl (C=O) groups excluding carboxylic acids is 1. The zero-order chi connectivity index (χ0) is 16.9. The monoisotopic (exact) mass is 342 g/mol. The molecular formula is C17H15FN4OS. The Morgan fingerprint density at radius 2 is 1.83 bits per heavy atom. The third-order valence-electron chi connectivity index (χ3n) is 3.28. The summed E-state index contributed by atoms with van der Waals surface area (Å²) in [6, 6.07) is 15.2. The molecule has 7 heteroatoms. The van der Waals surface area contributed by atoms with Crippen LogP contribution in [0.2, 0.25) is 0 Å². The number of aromatic amines is 1. The second-order valence-electron chi connectivity index (χ2n) is 5.10. The Balaban J connectivity index is 1.63. The van der Waals surface area contributed by atoms with E-state index >= 15 is 0 Å². The average Bonchev–Trinajstić information content (AvgIpc) is 3.05. The van der Waals surface area contributed by atoms with Gasteiger partial charge in [0.15, 0.2) is 11.0 Å². The van der Waals surface area contributed by atoms with Crippen molar-refractivity contribution in [3.05, 3.63) is 60.4 Å². The van der Waals surface area contributed by atoms with Crippen LogP contribution in [0.4, 0.5) is 10.1 Å².